The molecule has 1 aliphatic rings. The maximum absolute atomic E-state index is 14.1. The highest BCUT2D eigenvalue weighted by Crippen LogP contribution is 2.28. The van der Waals surface area contributed by atoms with Crippen molar-refractivity contribution in [2.45, 2.75) is 70.0 Å². The van der Waals surface area contributed by atoms with Crippen molar-refractivity contribution in [3.05, 3.63) is 92.4 Å². The zero-order valence-corrected chi connectivity index (χ0v) is 26.8. The average molecular weight is 651 g/mol. The minimum absolute atomic E-state index is 0.0164. The van der Waals surface area contributed by atoms with Crippen LogP contribution in [0.25, 0.3) is 0 Å². The monoisotopic (exact) mass is 649 g/mol. The zero-order valence-electron chi connectivity index (χ0n) is 23.7. The van der Waals surface area contributed by atoms with E-state index in [0.29, 0.717) is 26.3 Å². The number of amides is 2. The lowest BCUT2D eigenvalue weighted by Crippen LogP contribution is -2.52. The second-order valence-corrected chi connectivity index (χ2v) is 13.8. The lowest BCUT2D eigenvalue weighted by Gasteiger charge is -2.33. The van der Waals surface area contributed by atoms with Crippen molar-refractivity contribution < 1.29 is 18.0 Å². The van der Waals surface area contributed by atoms with Crippen LogP contribution in [0, 0.1) is 13.8 Å². The lowest BCUT2D eigenvalue weighted by atomic mass is 10.1. The first-order chi connectivity index (χ1) is 19.9. The highest BCUT2D eigenvalue weighted by atomic mass is 35.5. The summed E-state index contributed by atoms with van der Waals surface area (Å²) in [6, 6.07) is 15.0. The maximum atomic E-state index is 14.1. The molecule has 0 heterocycles. The number of carbonyl (C=O) groups is 2. The molecule has 1 N–H and O–H groups in total. The molecule has 7 nitrogen and oxygen atoms in total. The van der Waals surface area contributed by atoms with E-state index in [1.807, 2.05) is 19.9 Å². The molecule has 0 aromatic heterocycles. The molecule has 0 spiro atoms. The summed E-state index contributed by atoms with van der Waals surface area (Å²) in [5.74, 6) is -0.871. The van der Waals surface area contributed by atoms with Gasteiger partial charge in [-0.3, -0.25) is 13.9 Å². The van der Waals surface area contributed by atoms with E-state index in [4.69, 9.17) is 34.8 Å². The molecule has 0 bridgehead atoms. The first kappa shape index (κ1) is 32.1. The highest BCUT2D eigenvalue weighted by Gasteiger charge is 2.33. The fraction of sp³-hybridized carbons (Fsp3) is 0.355. The molecule has 11 heteroatoms. The lowest BCUT2D eigenvalue weighted by molar-refractivity contribution is -0.139. The number of carbonyl (C=O) groups excluding carboxylic acids is 2. The van der Waals surface area contributed by atoms with Gasteiger partial charge in [-0.15, -0.1) is 0 Å². The Morgan fingerprint density at radius 2 is 1.55 bits per heavy atom. The molecule has 0 radical (unpaired) electrons. The van der Waals surface area contributed by atoms with Crippen molar-refractivity contribution in [2.24, 2.45) is 0 Å². The van der Waals surface area contributed by atoms with E-state index in [1.165, 1.54) is 29.2 Å². The molecule has 1 atom stereocenters. The average Bonchev–Trinajstić information content (AvgIpc) is 3.45. The van der Waals surface area contributed by atoms with Gasteiger partial charge in [0.1, 0.15) is 12.6 Å². The molecule has 0 saturated heterocycles. The number of anilines is 1. The van der Waals surface area contributed by atoms with Crippen LogP contribution in [-0.2, 0) is 26.2 Å². The Bertz CT molecular complexity index is 1560. The fourth-order valence-corrected chi connectivity index (χ4v) is 6.95. The van der Waals surface area contributed by atoms with E-state index >= 15 is 0 Å². The van der Waals surface area contributed by atoms with Gasteiger partial charge < -0.3 is 10.2 Å². The number of hydrogen-bond donors (Lipinski definition) is 1. The molecular formula is C31H34Cl3N3O4S. The number of aryl methyl sites for hydroxylation is 2. The van der Waals surface area contributed by atoms with Gasteiger partial charge >= 0.3 is 0 Å². The molecule has 1 saturated carbocycles. The Kier molecular flexibility index (Phi) is 10.5. The van der Waals surface area contributed by atoms with Gasteiger partial charge in [-0.25, -0.2) is 8.42 Å². The number of nitrogens with one attached hydrogen (secondary N) is 1. The number of hydrogen-bond acceptors (Lipinski definition) is 4. The molecule has 4 rings (SSSR count). The minimum Gasteiger partial charge on any atom is -0.352 e. The highest BCUT2D eigenvalue weighted by molar-refractivity contribution is 7.92. The van der Waals surface area contributed by atoms with Crippen molar-refractivity contribution in [3.63, 3.8) is 0 Å². The Hall–Kier alpha value is -2.78. The third-order valence-electron chi connectivity index (χ3n) is 7.68. The van der Waals surface area contributed by atoms with Gasteiger partial charge in [0, 0.05) is 27.7 Å². The van der Waals surface area contributed by atoms with Gasteiger partial charge in [0.15, 0.2) is 0 Å². The number of rotatable bonds is 10. The third-order valence-corrected chi connectivity index (χ3v) is 10.3. The summed E-state index contributed by atoms with van der Waals surface area (Å²) in [5, 5.41) is 4.21. The van der Waals surface area contributed by atoms with Gasteiger partial charge in [0.2, 0.25) is 11.8 Å². The third kappa shape index (κ3) is 7.59. The molecule has 3 aromatic carbocycles. The first-order valence-corrected chi connectivity index (χ1v) is 16.3. The smallest absolute Gasteiger partial charge is 0.264 e. The van der Waals surface area contributed by atoms with Crippen LogP contribution in [0.15, 0.2) is 65.6 Å². The van der Waals surface area contributed by atoms with Gasteiger partial charge in [-0.2, -0.15) is 0 Å². The summed E-state index contributed by atoms with van der Waals surface area (Å²) < 4.78 is 29.0. The summed E-state index contributed by atoms with van der Waals surface area (Å²) in [6.07, 6.45) is 3.84. The molecular weight excluding hydrogens is 617 g/mol. The van der Waals surface area contributed by atoms with Crippen molar-refractivity contribution in [3.8, 4) is 0 Å². The van der Waals surface area contributed by atoms with Crippen LogP contribution >= 0.6 is 34.8 Å². The Morgan fingerprint density at radius 1 is 0.905 bits per heavy atom. The summed E-state index contributed by atoms with van der Waals surface area (Å²) >= 11 is 18.6. The van der Waals surface area contributed by atoms with Gasteiger partial charge in [0.05, 0.1) is 10.6 Å². The molecule has 1 aliphatic carbocycles. The molecule has 0 aliphatic heterocycles. The van der Waals surface area contributed by atoms with Crippen LogP contribution in [0.5, 0.6) is 0 Å². The zero-order chi connectivity index (χ0) is 30.6. The van der Waals surface area contributed by atoms with Crippen LogP contribution in [-0.4, -0.2) is 43.8 Å². The summed E-state index contributed by atoms with van der Waals surface area (Å²) in [5.41, 5.74) is 2.75. The number of nitrogens with zero attached hydrogens (tertiary/aromatic N) is 2. The summed E-state index contributed by atoms with van der Waals surface area (Å²) in [7, 11) is -4.20. The molecule has 2 amide bonds. The van der Waals surface area contributed by atoms with Gasteiger partial charge in [0.25, 0.3) is 10.0 Å². The standard InChI is InChI=1S/C31H34Cl3N3O4S/c1-20-8-13-27(16-21(20)2)37(42(40,41)28-14-11-24(32)12-15-28)19-30(38)36(18-23-9-10-25(33)17-29(23)34)22(3)31(39)35-26-6-4-5-7-26/h8-17,22,26H,4-7,18-19H2,1-3H3,(H,35,39)/t22-/m0/s1. The van der Waals surface area contributed by atoms with E-state index in [1.54, 1.807) is 37.3 Å². The van der Waals surface area contributed by atoms with Gasteiger partial charge in [-0.05, 0) is 98.8 Å². The molecule has 42 heavy (non-hydrogen) atoms. The number of halogens is 3. The van der Waals surface area contributed by atoms with Crippen molar-refractivity contribution >= 4 is 62.3 Å². The Balaban J connectivity index is 1.72. The molecule has 0 unspecified atom stereocenters. The number of benzene rings is 3. The van der Waals surface area contributed by atoms with Crippen molar-refractivity contribution in [1.82, 2.24) is 10.2 Å². The second-order valence-electron chi connectivity index (χ2n) is 10.7. The van der Waals surface area contributed by atoms with Crippen molar-refractivity contribution in [1.29, 1.82) is 0 Å². The maximum Gasteiger partial charge on any atom is 0.264 e. The van der Waals surface area contributed by atoms with E-state index < -0.39 is 28.5 Å². The largest absolute Gasteiger partial charge is 0.352 e. The normalized spacial score (nSPS) is 14.4. The predicted molar refractivity (Wildman–Crippen MR) is 169 cm³/mol. The molecule has 3 aromatic rings. The van der Waals surface area contributed by atoms with Crippen molar-refractivity contribution in [2.75, 3.05) is 10.8 Å². The van der Waals surface area contributed by atoms with E-state index in [2.05, 4.69) is 5.32 Å². The quantitative estimate of drug-likeness (QED) is 0.258. The Morgan fingerprint density at radius 3 is 2.17 bits per heavy atom. The van der Waals surface area contributed by atoms with Crippen LogP contribution in [0.1, 0.15) is 49.3 Å². The molecule has 1 fully saturated rings. The summed E-state index contributed by atoms with van der Waals surface area (Å²) in [6.45, 7) is 4.87. The van der Waals surface area contributed by atoms with Crippen LogP contribution in [0.2, 0.25) is 15.1 Å². The van der Waals surface area contributed by atoms with E-state index in [9.17, 15) is 18.0 Å². The predicted octanol–water partition coefficient (Wildman–Crippen LogP) is 6.94. The Labute approximate surface area is 262 Å². The summed E-state index contributed by atoms with van der Waals surface area (Å²) in [4.78, 5) is 28.8. The minimum atomic E-state index is -4.20. The number of sulfonamides is 1. The van der Waals surface area contributed by atoms with E-state index in [0.717, 1.165) is 41.1 Å². The fourth-order valence-electron chi connectivity index (χ4n) is 4.95. The van der Waals surface area contributed by atoms with Crippen LogP contribution in [0.4, 0.5) is 5.69 Å². The van der Waals surface area contributed by atoms with Crippen LogP contribution in [0.3, 0.4) is 0 Å². The second kappa shape index (κ2) is 13.7. The topological polar surface area (TPSA) is 86.8 Å². The first-order valence-electron chi connectivity index (χ1n) is 13.8. The van der Waals surface area contributed by atoms with E-state index in [-0.39, 0.29) is 23.4 Å². The molecule has 224 valence electrons. The SMILES string of the molecule is Cc1ccc(N(CC(=O)N(Cc2ccc(Cl)cc2Cl)[C@@H](C)C(=O)NC2CCCC2)S(=O)(=O)c2ccc(Cl)cc2)cc1C. The van der Waals surface area contributed by atoms with Gasteiger partial charge in [-0.1, -0.05) is 59.8 Å². The van der Waals surface area contributed by atoms with Crippen LogP contribution < -0.4 is 9.62 Å².